The third kappa shape index (κ3) is 2.90. The van der Waals surface area contributed by atoms with Gasteiger partial charge in [0.2, 0.25) is 0 Å². The molecule has 0 bridgehead atoms. The molecule has 0 aliphatic carbocycles. The van der Waals surface area contributed by atoms with Gasteiger partial charge in [-0.2, -0.15) is 0 Å². The molecule has 4 atom stereocenters. The second-order valence-corrected chi connectivity index (χ2v) is 6.10. The van der Waals surface area contributed by atoms with Gasteiger partial charge >= 0.3 is 12.0 Å². The lowest BCUT2D eigenvalue weighted by atomic mass is 9.96. The van der Waals surface area contributed by atoms with Crippen LogP contribution >= 0.6 is 0 Å². The van der Waals surface area contributed by atoms with Crippen molar-refractivity contribution in [1.29, 1.82) is 0 Å². The molecule has 0 radical (unpaired) electrons. The van der Waals surface area contributed by atoms with Crippen LogP contribution in [0.4, 0.5) is 4.79 Å². The predicted octanol–water partition coefficient (Wildman–Crippen LogP) is 1.12. The summed E-state index contributed by atoms with van der Waals surface area (Å²) in [4.78, 5) is 27.1. The van der Waals surface area contributed by atoms with Crippen LogP contribution in [0.15, 0.2) is 0 Å². The summed E-state index contributed by atoms with van der Waals surface area (Å²) in [6.45, 7) is 6.19. The molecular weight excluding hydrogens is 260 g/mol. The number of rotatable bonds is 2. The Labute approximate surface area is 119 Å². The molecule has 6 heteroatoms. The van der Waals surface area contributed by atoms with Gasteiger partial charge in [0.15, 0.2) is 0 Å². The van der Waals surface area contributed by atoms with Crippen LogP contribution in [-0.4, -0.2) is 66.3 Å². The molecule has 6 nitrogen and oxygen atoms in total. The van der Waals surface area contributed by atoms with E-state index >= 15 is 0 Å². The Bertz CT molecular complexity index is 387. The van der Waals surface area contributed by atoms with Crippen molar-refractivity contribution in [3.05, 3.63) is 0 Å². The van der Waals surface area contributed by atoms with Crippen LogP contribution in [0.5, 0.6) is 0 Å². The number of hydrogen-bond donors (Lipinski definition) is 1. The quantitative estimate of drug-likeness (QED) is 0.825. The first kappa shape index (κ1) is 15.1. The number of piperidine rings is 1. The highest BCUT2D eigenvalue weighted by Crippen LogP contribution is 2.26. The lowest BCUT2D eigenvalue weighted by Gasteiger charge is -2.38. The number of carboxylic acid groups (broad SMARTS) is 1. The second kappa shape index (κ2) is 5.99. The van der Waals surface area contributed by atoms with Gasteiger partial charge in [-0.3, -0.25) is 4.79 Å². The number of aliphatic carboxylic acids is 1. The van der Waals surface area contributed by atoms with E-state index in [1.54, 1.807) is 16.9 Å². The maximum Gasteiger partial charge on any atom is 0.320 e. The molecule has 2 heterocycles. The van der Waals surface area contributed by atoms with Gasteiger partial charge in [0.25, 0.3) is 0 Å². The van der Waals surface area contributed by atoms with E-state index in [2.05, 4.69) is 6.92 Å². The van der Waals surface area contributed by atoms with Crippen molar-refractivity contribution in [3.63, 3.8) is 0 Å². The zero-order chi connectivity index (χ0) is 14.9. The van der Waals surface area contributed by atoms with Crippen LogP contribution in [0.1, 0.15) is 20.3 Å². The number of urea groups is 1. The molecule has 2 aliphatic rings. The molecule has 2 aliphatic heterocycles. The summed E-state index contributed by atoms with van der Waals surface area (Å²) in [5.41, 5.74) is 0. The largest absolute Gasteiger partial charge is 0.481 e. The van der Waals surface area contributed by atoms with Crippen molar-refractivity contribution in [2.45, 2.75) is 26.4 Å². The van der Waals surface area contributed by atoms with Crippen molar-refractivity contribution in [2.24, 2.45) is 17.8 Å². The van der Waals surface area contributed by atoms with E-state index in [1.165, 1.54) is 0 Å². The van der Waals surface area contributed by atoms with Crippen molar-refractivity contribution < 1.29 is 19.4 Å². The number of likely N-dealkylation sites (tertiary alicyclic amines) is 2. The van der Waals surface area contributed by atoms with Gasteiger partial charge in [-0.05, 0) is 18.3 Å². The maximum atomic E-state index is 12.5. The third-order valence-electron chi connectivity index (χ3n) is 4.66. The van der Waals surface area contributed by atoms with Crippen molar-refractivity contribution in [3.8, 4) is 0 Å². The summed E-state index contributed by atoms with van der Waals surface area (Å²) in [5, 5.41) is 9.14. The fraction of sp³-hybridized carbons (Fsp3) is 0.857. The van der Waals surface area contributed by atoms with E-state index < -0.39 is 11.9 Å². The average molecular weight is 284 g/mol. The number of hydrogen-bond acceptors (Lipinski definition) is 3. The van der Waals surface area contributed by atoms with Crippen LogP contribution in [0.3, 0.4) is 0 Å². The van der Waals surface area contributed by atoms with Crippen LogP contribution < -0.4 is 0 Å². The summed E-state index contributed by atoms with van der Waals surface area (Å²) in [6, 6.07) is -0.0467. The Balaban J connectivity index is 1.97. The molecule has 20 heavy (non-hydrogen) atoms. The molecule has 2 saturated heterocycles. The highest BCUT2D eigenvalue weighted by molar-refractivity contribution is 5.78. The van der Waals surface area contributed by atoms with Gasteiger partial charge in [0.05, 0.1) is 12.0 Å². The molecule has 4 unspecified atom stereocenters. The molecule has 2 amide bonds. The lowest BCUT2D eigenvalue weighted by molar-refractivity contribution is -0.142. The minimum atomic E-state index is -0.810. The molecule has 0 aromatic rings. The van der Waals surface area contributed by atoms with Crippen LogP contribution in [-0.2, 0) is 9.53 Å². The first-order valence-electron chi connectivity index (χ1n) is 7.23. The Morgan fingerprint density at radius 1 is 1.10 bits per heavy atom. The number of carboxylic acids is 1. The van der Waals surface area contributed by atoms with Gasteiger partial charge in [-0.15, -0.1) is 0 Å². The number of amides is 2. The van der Waals surface area contributed by atoms with Crippen LogP contribution in [0.25, 0.3) is 0 Å². The minimum absolute atomic E-state index is 0.0124. The zero-order valence-electron chi connectivity index (χ0n) is 12.4. The maximum absolute atomic E-state index is 12.5. The molecule has 0 spiro atoms. The number of carbonyl (C=O) groups excluding carboxylic acids is 1. The van der Waals surface area contributed by atoms with Gasteiger partial charge in [0.1, 0.15) is 0 Å². The molecule has 2 fully saturated rings. The summed E-state index contributed by atoms with van der Waals surface area (Å²) in [7, 11) is 1.67. The second-order valence-electron chi connectivity index (χ2n) is 6.10. The monoisotopic (exact) mass is 284 g/mol. The van der Waals surface area contributed by atoms with E-state index in [9.17, 15) is 9.59 Å². The highest BCUT2D eigenvalue weighted by atomic mass is 16.5. The number of ether oxygens (including phenoxy) is 1. The van der Waals surface area contributed by atoms with Gasteiger partial charge in [0, 0.05) is 33.3 Å². The third-order valence-corrected chi connectivity index (χ3v) is 4.66. The molecule has 1 N–H and O–H groups in total. The van der Waals surface area contributed by atoms with Gasteiger partial charge in [-0.1, -0.05) is 13.8 Å². The molecule has 0 saturated carbocycles. The Hall–Kier alpha value is -1.30. The topological polar surface area (TPSA) is 70.1 Å². The van der Waals surface area contributed by atoms with E-state index in [1.807, 2.05) is 6.92 Å². The predicted molar refractivity (Wildman–Crippen MR) is 73.4 cm³/mol. The Morgan fingerprint density at radius 2 is 1.80 bits per heavy atom. The van der Waals surface area contributed by atoms with Gasteiger partial charge < -0.3 is 19.6 Å². The SMILES string of the molecule is COC1CN(C(=O)N2CC(C)C(C(=O)O)C2)CCC1C. The van der Waals surface area contributed by atoms with Gasteiger partial charge in [-0.25, -0.2) is 4.79 Å². The molecule has 0 aromatic heterocycles. The number of carbonyl (C=O) groups is 2. The molecular formula is C14H24N2O4. The van der Waals surface area contributed by atoms with E-state index in [0.717, 1.165) is 13.0 Å². The smallest absolute Gasteiger partial charge is 0.320 e. The first-order valence-corrected chi connectivity index (χ1v) is 7.23. The van der Waals surface area contributed by atoms with E-state index in [-0.39, 0.29) is 18.1 Å². The summed E-state index contributed by atoms with van der Waals surface area (Å²) < 4.78 is 5.42. The lowest BCUT2D eigenvalue weighted by Crippen LogP contribution is -2.51. The Morgan fingerprint density at radius 3 is 2.35 bits per heavy atom. The zero-order valence-corrected chi connectivity index (χ0v) is 12.4. The average Bonchev–Trinajstić information content (AvgIpc) is 2.80. The summed E-state index contributed by atoms with van der Waals surface area (Å²) in [5.74, 6) is -0.789. The van der Waals surface area contributed by atoms with Crippen LogP contribution in [0.2, 0.25) is 0 Å². The normalized spacial score (nSPS) is 34.4. The summed E-state index contributed by atoms with van der Waals surface area (Å²) in [6.07, 6.45) is 0.999. The van der Waals surface area contributed by atoms with Crippen molar-refractivity contribution in [2.75, 3.05) is 33.3 Å². The number of nitrogens with zero attached hydrogens (tertiary/aromatic N) is 2. The first-order chi connectivity index (χ1) is 9.43. The van der Waals surface area contributed by atoms with Crippen molar-refractivity contribution >= 4 is 12.0 Å². The van der Waals surface area contributed by atoms with E-state index in [0.29, 0.717) is 25.6 Å². The highest BCUT2D eigenvalue weighted by Gasteiger charge is 2.39. The molecule has 114 valence electrons. The Kier molecular flexibility index (Phi) is 4.52. The number of methoxy groups -OCH3 is 1. The fourth-order valence-corrected chi connectivity index (χ4v) is 3.16. The molecule has 0 aromatic carbocycles. The standard InChI is InChI=1S/C14H24N2O4/c1-9-4-5-15(8-12(9)20-3)14(19)16-6-10(2)11(7-16)13(17)18/h9-12H,4-8H2,1-3H3,(H,17,18). The van der Waals surface area contributed by atoms with E-state index in [4.69, 9.17) is 9.84 Å². The van der Waals surface area contributed by atoms with Crippen molar-refractivity contribution in [1.82, 2.24) is 9.80 Å². The summed E-state index contributed by atoms with van der Waals surface area (Å²) >= 11 is 0. The fourth-order valence-electron chi connectivity index (χ4n) is 3.16. The molecule has 2 rings (SSSR count). The minimum Gasteiger partial charge on any atom is -0.481 e. The van der Waals surface area contributed by atoms with Crippen LogP contribution in [0, 0.1) is 17.8 Å².